The second kappa shape index (κ2) is 11.0. The highest BCUT2D eigenvalue weighted by Gasteiger charge is 2.54. The SMILES string of the molecule is C[C@@H](NC(=O)C(C)(C)c1ccc(NC(=O)[C@@H](NC(=O)c2ccnn2C)C(C2CCC2)C2(C)CC2)cc1)C1CCC1. The molecule has 3 atom stereocenters. The first-order chi connectivity index (χ1) is 19.0. The van der Waals surface area contributed by atoms with Crippen LogP contribution in [0.4, 0.5) is 5.69 Å². The van der Waals surface area contributed by atoms with Gasteiger partial charge in [-0.05, 0) is 93.4 Å². The van der Waals surface area contributed by atoms with Gasteiger partial charge in [0.05, 0.1) is 5.41 Å². The van der Waals surface area contributed by atoms with E-state index in [1.165, 1.54) is 30.4 Å². The fourth-order valence-corrected chi connectivity index (χ4v) is 6.47. The zero-order chi connectivity index (χ0) is 28.7. The fraction of sp³-hybridized carbons (Fsp3) is 0.625. The Morgan fingerprint density at radius 2 is 1.60 bits per heavy atom. The number of carbonyl (C=O) groups is 3. The van der Waals surface area contributed by atoms with Crippen LogP contribution in [0.15, 0.2) is 36.5 Å². The van der Waals surface area contributed by atoms with Crippen molar-refractivity contribution in [3.63, 3.8) is 0 Å². The summed E-state index contributed by atoms with van der Waals surface area (Å²) >= 11 is 0. The van der Waals surface area contributed by atoms with E-state index in [-0.39, 0.29) is 35.1 Å². The van der Waals surface area contributed by atoms with E-state index in [9.17, 15) is 14.4 Å². The zero-order valence-electron chi connectivity index (χ0n) is 24.6. The molecule has 3 aliphatic carbocycles. The number of carbonyl (C=O) groups excluding carboxylic acids is 3. The standard InChI is InChI=1S/C32H45N5O3/c1-20(21-8-6-9-21)34-30(40)31(2,3)23-12-14-24(15-13-23)35-29(39)27(36-28(38)25-16-19-33-37(25)5)26(22-10-7-11-22)32(4)17-18-32/h12-16,19-22,26-27H,6-11,17-18H2,1-5H3,(H,34,40)(H,35,39)(H,36,38)/t20-,26?,27+/m1/s1. The van der Waals surface area contributed by atoms with Crippen molar-refractivity contribution in [2.24, 2.45) is 30.2 Å². The summed E-state index contributed by atoms with van der Waals surface area (Å²) < 4.78 is 1.53. The molecule has 3 saturated carbocycles. The Balaban J connectivity index is 1.31. The quantitative estimate of drug-likeness (QED) is 0.370. The van der Waals surface area contributed by atoms with E-state index in [1.54, 1.807) is 19.3 Å². The molecule has 0 spiro atoms. The monoisotopic (exact) mass is 547 g/mol. The van der Waals surface area contributed by atoms with E-state index in [0.717, 1.165) is 31.2 Å². The Hall–Kier alpha value is -3.16. The van der Waals surface area contributed by atoms with Crippen LogP contribution in [0.3, 0.4) is 0 Å². The van der Waals surface area contributed by atoms with E-state index < -0.39 is 11.5 Å². The maximum atomic E-state index is 13.9. The molecule has 40 heavy (non-hydrogen) atoms. The number of aryl methyl sites for hydroxylation is 1. The third-order valence-corrected chi connectivity index (χ3v) is 10.1. The Kier molecular flexibility index (Phi) is 7.81. The molecule has 5 rings (SSSR count). The van der Waals surface area contributed by atoms with Crippen molar-refractivity contribution in [3.8, 4) is 0 Å². The molecule has 8 nitrogen and oxygen atoms in total. The van der Waals surface area contributed by atoms with Gasteiger partial charge < -0.3 is 16.0 Å². The van der Waals surface area contributed by atoms with Gasteiger partial charge in [0.25, 0.3) is 5.91 Å². The number of anilines is 1. The van der Waals surface area contributed by atoms with Crippen molar-refractivity contribution < 1.29 is 14.4 Å². The van der Waals surface area contributed by atoms with Crippen LogP contribution in [-0.4, -0.2) is 39.6 Å². The summed E-state index contributed by atoms with van der Waals surface area (Å²) in [5.74, 6) is 0.623. The number of hydrogen-bond acceptors (Lipinski definition) is 4. The molecule has 0 aliphatic heterocycles. The van der Waals surface area contributed by atoms with Crippen LogP contribution in [-0.2, 0) is 22.1 Å². The van der Waals surface area contributed by atoms with Crippen LogP contribution in [0, 0.1) is 23.2 Å². The highest BCUT2D eigenvalue weighted by Crippen LogP contribution is 2.58. The molecule has 0 radical (unpaired) electrons. The van der Waals surface area contributed by atoms with Crippen LogP contribution >= 0.6 is 0 Å². The summed E-state index contributed by atoms with van der Waals surface area (Å²) in [6.07, 6.45) is 10.7. The van der Waals surface area contributed by atoms with Crippen LogP contribution < -0.4 is 16.0 Å². The number of aromatic nitrogens is 2. The second-order valence-corrected chi connectivity index (χ2v) is 13.3. The van der Waals surface area contributed by atoms with Crippen molar-refractivity contribution >= 4 is 23.4 Å². The summed E-state index contributed by atoms with van der Waals surface area (Å²) in [6, 6.07) is 8.75. The second-order valence-electron chi connectivity index (χ2n) is 13.3. The lowest BCUT2D eigenvalue weighted by Crippen LogP contribution is -2.54. The number of rotatable bonds is 11. The molecular weight excluding hydrogens is 502 g/mol. The molecule has 216 valence electrons. The van der Waals surface area contributed by atoms with Gasteiger partial charge in [-0.25, -0.2) is 0 Å². The Morgan fingerprint density at radius 1 is 0.975 bits per heavy atom. The smallest absolute Gasteiger partial charge is 0.270 e. The van der Waals surface area contributed by atoms with E-state index >= 15 is 0 Å². The highest BCUT2D eigenvalue weighted by atomic mass is 16.2. The third-order valence-electron chi connectivity index (χ3n) is 10.1. The number of nitrogens with one attached hydrogen (secondary N) is 3. The lowest BCUT2D eigenvalue weighted by atomic mass is 9.66. The van der Waals surface area contributed by atoms with E-state index in [2.05, 4.69) is 34.9 Å². The molecule has 1 heterocycles. The Bertz CT molecular complexity index is 1240. The Morgan fingerprint density at radius 3 is 2.10 bits per heavy atom. The van der Waals surface area contributed by atoms with Gasteiger partial charge in [0, 0.05) is 25.0 Å². The minimum absolute atomic E-state index is 0.0163. The highest BCUT2D eigenvalue weighted by molar-refractivity contribution is 6.01. The third kappa shape index (κ3) is 5.68. The van der Waals surface area contributed by atoms with Crippen LogP contribution in [0.25, 0.3) is 0 Å². The maximum Gasteiger partial charge on any atom is 0.270 e. The predicted octanol–water partition coefficient (Wildman–Crippen LogP) is 4.96. The fourth-order valence-electron chi connectivity index (χ4n) is 6.47. The van der Waals surface area contributed by atoms with Crippen molar-refractivity contribution in [1.82, 2.24) is 20.4 Å². The molecule has 1 unspecified atom stereocenters. The molecule has 3 aliphatic rings. The maximum absolute atomic E-state index is 13.9. The molecule has 3 N–H and O–H groups in total. The predicted molar refractivity (Wildman–Crippen MR) is 156 cm³/mol. The van der Waals surface area contributed by atoms with Gasteiger partial charge in [0.2, 0.25) is 11.8 Å². The van der Waals surface area contributed by atoms with E-state index in [4.69, 9.17) is 0 Å². The lowest BCUT2D eigenvalue weighted by molar-refractivity contribution is -0.127. The molecule has 3 amide bonds. The average molecular weight is 548 g/mol. The van der Waals surface area contributed by atoms with Crippen molar-refractivity contribution in [3.05, 3.63) is 47.8 Å². The van der Waals surface area contributed by atoms with Gasteiger partial charge in [-0.15, -0.1) is 0 Å². The summed E-state index contributed by atoms with van der Waals surface area (Å²) in [4.78, 5) is 40.2. The number of benzene rings is 1. The van der Waals surface area contributed by atoms with Gasteiger partial charge >= 0.3 is 0 Å². The molecule has 3 fully saturated rings. The van der Waals surface area contributed by atoms with Crippen molar-refractivity contribution in [1.29, 1.82) is 0 Å². The normalized spacial score (nSPS) is 20.8. The molecule has 0 saturated heterocycles. The minimum Gasteiger partial charge on any atom is -0.353 e. The van der Waals surface area contributed by atoms with Gasteiger partial charge in [-0.3, -0.25) is 19.1 Å². The average Bonchev–Trinajstić information content (AvgIpc) is 3.44. The Labute approximate surface area is 238 Å². The van der Waals surface area contributed by atoms with Crippen LogP contribution in [0.5, 0.6) is 0 Å². The summed E-state index contributed by atoms with van der Waals surface area (Å²) in [6.45, 7) is 8.22. The van der Waals surface area contributed by atoms with E-state index in [0.29, 0.717) is 23.2 Å². The first-order valence-electron chi connectivity index (χ1n) is 15.0. The van der Waals surface area contributed by atoms with Crippen LogP contribution in [0.1, 0.15) is 95.1 Å². The first-order valence-corrected chi connectivity index (χ1v) is 15.0. The summed E-state index contributed by atoms with van der Waals surface area (Å²) in [5.41, 5.74) is 1.34. The van der Waals surface area contributed by atoms with Crippen LogP contribution in [0.2, 0.25) is 0 Å². The molecule has 1 aromatic heterocycles. The first kappa shape index (κ1) is 28.4. The minimum atomic E-state index is -0.698. The molecule has 2 aromatic rings. The van der Waals surface area contributed by atoms with E-state index in [1.807, 2.05) is 38.1 Å². The molecule has 1 aromatic carbocycles. The largest absolute Gasteiger partial charge is 0.353 e. The lowest BCUT2D eigenvalue weighted by Gasteiger charge is -2.42. The van der Waals surface area contributed by atoms with Gasteiger partial charge in [0.15, 0.2) is 0 Å². The topological polar surface area (TPSA) is 105 Å². The number of amides is 3. The molecule has 8 heteroatoms. The zero-order valence-corrected chi connectivity index (χ0v) is 24.6. The molecular formula is C32H45N5O3. The van der Waals surface area contributed by atoms with Gasteiger partial charge in [-0.1, -0.05) is 44.7 Å². The van der Waals surface area contributed by atoms with Crippen molar-refractivity contribution in [2.75, 3.05) is 5.32 Å². The number of hydrogen-bond donors (Lipinski definition) is 3. The molecule has 0 bridgehead atoms. The van der Waals surface area contributed by atoms with Gasteiger partial charge in [-0.2, -0.15) is 5.10 Å². The summed E-state index contributed by atoms with van der Waals surface area (Å²) in [5, 5.41) is 13.5. The number of nitrogens with zero attached hydrogens (tertiary/aromatic N) is 2. The van der Waals surface area contributed by atoms with Gasteiger partial charge in [0.1, 0.15) is 11.7 Å². The summed E-state index contributed by atoms with van der Waals surface area (Å²) in [7, 11) is 1.73. The van der Waals surface area contributed by atoms with Crippen molar-refractivity contribution in [2.45, 2.75) is 96.6 Å².